The largest absolute Gasteiger partial charge is 0.433 e. The molecule has 0 radical (unpaired) electrons. The Morgan fingerprint density at radius 1 is 0.941 bits per heavy atom. The molecule has 0 aromatic heterocycles. The lowest BCUT2D eigenvalue weighted by Crippen LogP contribution is -2.68. The lowest BCUT2D eigenvalue weighted by molar-refractivity contribution is 0.0928. The number of hydrogen-bond acceptors (Lipinski definition) is 3. The van der Waals surface area contributed by atoms with E-state index in [9.17, 15) is 0 Å². The normalized spacial score (nSPS) is 14.8. The van der Waals surface area contributed by atoms with Gasteiger partial charge in [-0.3, -0.25) is 4.57 Å². The van der Waals surface area contributed by atoms with Gasteiger partial charge < -0.3 is 8.85 Å². The number of nitrogens with zero attached hydrogens (tertiary/aromatic N) is 1. The summed E-state index contributed by atoms with van der Waals surface area (Å²) in [5.41, 5.74) is 0.0321. The fourth-order valence-electron chi connectivity index (χ4n) is 2.12. The third kappa shape index (κ3) is 2.92. The van der Waals surface area contributed by atoms with Crippen molar-refractivity contribution in [1.29, 1.82) is 0 Å². The maximum atomic E-state index is 5.94. The molecule has 0 heterocycles. The van der Waals surface area contributed by atoms with Gasteiger partial charge >= 0.3 is 8.72 Å². The zero-order valence-electron chi connectivity index (χ0n) is 13.3. The smallest absolute Gasteiger partial charge is 0.386 e. The molecule has 0 aromatic rings. The first-order valence-corrected chi connectivity index (χ1v) is 8.08. The Bertz CT molecular complexity index is 242. The predicted octanol–water partition coefficient (Wildman–Crippen LogP) is 3.38. The Morgan fingerprint density at radius 3 is 1.47 bits per heavy atom. The molecule has 0 spiro atoms. The van der Waals surface area contributed by atoms with Crippen LogP contribution in [0.5, 0.6) is 0 Å². The molecule has 0 fully saturated rings. The summed E-state index contributed by atoms with van der Waals surface area (Å²) in [6.45, 7) is 15.6. The van der Waals surface area contributed by atoms with E-state index in [-0.39, 0.29) is 10.6 Å². The Labute approximate surface area is 109 Å². The van der Waals surface area contributed by atoms with Crippen molar-refractivity contribution in [3.05, 3.63) is 0 Å². The highest BCUT2D eigenvalue weighted by Crippen LogP contribution is 2.47. The van der Waals surface area contributed by atoms with Crippen LogP contribution in [0.3, 0.4) is 0 Å². The molecular weight excluding hydrogens is 230 g/mol. The molecule has 0 N–H and O–H groups in total. The van der Waals surface area contributed by atoms with E-state index >= 15 is 0 Å². The second-order valence-corrected chi connectivity index (χ2v) is 10.5. The highest BCUT2D eigenvalue weighted by atomic mass is 28.4. The van der Waals surface area contributed by atoms with Gasteiger partial charge in [0.2, 0.25) is 0 Å². The van der Waals surface area contributed by atoms with Gasteiger partial charge in [-0.05, 0) is 33.7 Å². The Balaban J connectivity index is 5.61. The van der Waals surface area contributed by atoms with Crippen molar-refractivity contribution in [2.75, 3.05) is 21.3 Å². The molecule has 3 nitrogen and oxygen atoms in total. The summed E-state index contributed by atoms with van der Waals surface area (Å²) in [5.74, 6) is 0.499. The molecule has 0 aromatic carbocycles. The Kier molecular flexibility index (Phi) is 5.42. The van der Waals surface area contributed by atoms with Crippen LogP contribution in [-0.4, -0.2) is 40.1 Å². The first-order chi connectivity index (χ1) is 7.47. The minimum Gasteiger partial charge on any atom is -0.386 e. The third-order valence-corrected chi connectivity index (χ3v) is 9.13. The molecule has 0 saturated carbocycles. The molecule has 0 aliphatic carbocycles. The van der Waals surface area contributed by atoms with Gasteiger partial charge in [0.1, 0.15) is 0 Å². The van der Waals surface area contributed by atoms with Crippen LogP contribution in [0.4, 0.5) is 0 Å². The van der Waals surface area contributed by atoms with E-state index in [0.29, 0.717) is 5.92 Å². The first kappa shape index (κ1) is 17.1. The zero-order chi connectivity index (χ0) is 14.1. The van der Waals surface area contributed by atoms with E-state index in [1.165, 1.54) is 0 Å². The van der Waals surface area contributed by atoms with Crippen molar-refractivity contribution in [3.8, 4) is 0 Å². The van der Waals surface area contributed by atoms with E-state index < -0.39 is 8.72 Å². The third-order valence-electron chi connectivity index (χ3n) is 4.26. The lowest BCUT2D eigenvalue weighted by Gasteiger charge is -2.52. The van der Waals surface area contributed by atoms with E-state index in [1.807, 2.05) is 0 Å². The molecule has 0 aliphatic heterocycles. The molecule has 17 heavy (non-hydrogen) atoms. The van der Waals surface area contributed by atoms with Crippen LogP contribution in [0.2, 0.25) is 5.04 Å². The van der Waals surface area contributed by atoms with Gasteiger partial charge in [-0.15, -0.1) is 0 Å². The van der Waals surface area contributed by atoms with Crippen LogP contribution in [0.15, 0.2) is 0 Å². The van der Waals surface area contributed by atoms with Gasteiger partial charge in [0.15, 0.2) is 0 Å². The van der Waals surface area contributed by atoms with Crippen molar-refractivity contribution in [1.82, 2.24) is 4.57 Å². The number of hydrogen-bond donors (Lipinski definition) is 0. The standard InChI is InChI=1S/C13H31NO2Si/c1-11(2)13(6,7)17(15-9,16-10)14(8)12(3,4)5/h11H,1-10H3. The first-order valence-electron chi connectivity index (χ1n) is 6.31. The summed E-state index contributed by atoms with van der Waals surface area (Å²) in [4.78, 5) is 0. The Morgan fingerprint density at radius 2 is 1.29 bits per heavy atom. The lowest BCUT2D eigenvalue weighted by atomic mass is 9.99. The molecule has 104 valence electrons. The van der Waals surface area contributed by atoms with Gasteiger partial charge in [0.25, 0.3) is 0 Å². The molecule has 4 heteroatoms. The molecule has 0 amide bonds. The zero-order valence-corrected chi connectivity index (χ0v) is 14.3. The highest BCUT2D eigenvalue weighted by molar-refractivity contribution is 6.67. The SMILES string of the molecule is CO[Si](OC)(N(C)C(C)(C)C)C(C)(C)C(C)C. The van der Waals surface area contributed by atoms with E-state index in [2.05, 4.69) is 60.1 Å². The van der Waals surface area contributed by atoms with Crippen LogP contribution in [0, 0.1) is 5.92 Å². The predicted molar refractivity (Wildman–Crippen MR) is 76.2 cm³/mol. The maximum absolute atomic E-state index is 5.94. The average Bonchev–Trinajstić information content (AvgIpc) is 2.18. The van der Waals surface area contributed by atoms with Crippen LogP contribution in [0.1, 0.15) is 48.5 Å². The fraction of sp³-hybridized carbons (Fsp3) is 1.00. The maximum Gasteiger partial charge on any atom is 0.433 e. The quantitative estimate of drug-likeness (QED) is 0.708. The molecule has 0 aliphatic rings. The number of rotatable bonds is 5. The summed E-state index contributed by atoms with van der Waals surface area (Å²) in [6.07, 6.45) is 0. The minimum absolute atomic E-state index is 0.0124. The van der Waals surface area contributed by atoms with Crippen molar-refractivity contribution in [2.45, 2.75) is 59.0 Å². The van der Waals surface area contributed by atoms with Crippen LogP contribution >= 0.6 is 0 Å². The topological polar surface area (TPSA) is 21.7 Å². The van der Waals surface area contributed by atoms with Gasteiger partial charge in [-0.25, -0.2) is 0 Å². The summed E-state index contributed by atoms with van der Waals surface area (Å²) in [7, 11) is 3.23. The van der Waals surface area contributed by atoms with Crippen LogP contribution in [-0.2, 0) is 8.85 Å². The summed E-state index contributed by atoms with van der Waals surface area (Å²) in [6, 6.07) is 0. The van der Waals surface area contributed by atoms with Gasteiger partial charge in [-0.2, -0.15) is 0 Å². The van der Waals surface area contributed by atoms with Gasteiger partial charge in [-0.1, -0.05) is 27.7 Å². The molecule has 0 atom stereocenters. The van der Waals surface area contributed by atoms with E-state index in [1.54, 1.807) is 14.2 Å². The molecule has 0 unspecified atom stereocenters. The second kappa shape index (κ2) is 5.39. The molecule has 0 saturated heterocycles. The Hall–Kier alpha value is 0.0969. The second-order valence-electron chi connectivity index (χ2n) is 6.60. The minimum atomic E-state index is -2.44. The van der Waals surface area contributed by atoms with Gasteiger partial charge in [0.05, 0.1) is 0 Å². The molecule has 0 rings (SSSR count). The summed E-state index contributed by atoms with van der Waals surface area (Å²) in [5, 5.41) is 0.0124. The summed E-state index contributed by atoms with van der Waals surface area (Å²) >= 11 is 0. The van der Waals surface area contributed by atoms with Crippen LogP contribution < -0.4 is 0 Å². The summed E-state index contributed by atoms with van der Waals surface area (Å²) < 4.78 is 14.2. The van der Waals surface area contributed by atoms with Crippen molar-refractivity contribution < 1.29 is 8.85 Å². The monoisotopic (exact) mass is 261 g/mol. The van der Waals surface area contributed by atoms with Gasteiger partial charge in [0, 0.05) is 24.8 Å². The van der Waals surface area contributed by atoms with E-state index in [4.69, 9.17) is 8.85 Å². The van der Waals surface area contributed by atoms with E-state index in [0.717, 1.165) is 0 Å². The fourth-order valence-corrected chi connectivity index (χ4v) is 6.37. The van der Waals surface area contributed by atoms with Crippen molar-refractivity contribution >= 4 is 8.72 Å². The van der Waals surface area contributed by atoms with Crippen molar-refractivity contribution in [2.24, 2.45) is 5.92 Å². The highest BCUT2D eigenvalue weighted by Gasteiger charge is 2.58. The molecular formula is C13H31NO2Si. The average molecular weight is 261 g/mol. The molecule has 0 bridgehead atoms. The van der Waals surface area contributed by atoms with Crippen LogP contribution in [0.25, 0.3) is 0 Å². The van der Waals surface area contributed by atoms with Crippen molar-refractivity contribution in [3.63, 3.8) is 0 Å².